The predicted molar refractivity (Wildman–Crippen MR) is 93.2 cm³/mol. The Bertz CT molecular complexity index is 650. The zero-order valence-electron chi connectivity index (χ0n) is 12.8. The van der Waals surface area contributed by atoms with Crippen LogP contribution in [0.2, 0.25) is 0 Å². The van der Waals surface area contributed by atoms with Gasteiger partial charge in [0.2, 0.25) is 5.91 Å². The van der Waals surface area contributed by atoms with E-state index in [-0.39, 0.29) is 43.3 Å². The molecular formula is C13H21Cl2N7O. The van der Waals surface area contributed by atoms with E-state index >= 15 is 0 Å². The zero-order chi connectivity index (χ0) is 14.8. The summed E-state index contributed by atoms with van der Waals surface area (Å²) in [6.45, 7) is 1.58. The second-order valence-corrected chi connectivity index (χ2v) is 5.27. The van der Waals surface area contributed by atoms with Crippen molar-refractivity contribution in [1.82, 2.24) is 24.8 Å². The highest BCUT2D eigenvalue weighted by Crippen LogP contribution is 2.20. The average Bonchev–Trinajstić information content (AvgIpc) is 3.14. The van der Waals surface area contributed by atoms with Crippen molar-refractivity contribution in [2.45, 2.75) is 18.9 Å². The number of rotatable bonds is 4. The largest absolute Gasteiger partial charge is 0.348 e. The van der Waals surface area contributed by atoms with Gasteiger partial charge in [-0.3, -0.25) is 4.79 Å². The highest BCUT2D eigenvalue weighted by atomic mass is 35.5. The summed E-state index contributed by atoms with van der Waals surface area (Å²) in [6.07, 6.45) is 5.04. The molecule has 23 heavy (non-hydrogen) atoms. The van der Waals surface area contributed by atoms with Crippen LogP contribution in [0, 0.1) is 0 Å². The van der Waals surface area contributed by atoms with Crippen molar-refractivity contribution in [2.24, 2.45) is 5.73 Å². The number of likely N-dealkylation sites (tertiary alicyclic amines) is 1. The summed E-state index contributed by atoms with van der Waals surface area (Å²) in [7, 11) is 1.84. The molecule has 0 bridgehead atoms. The number of nitrogens with two attached hydrogens (primary N) is 1. The van der Waals surface area contributed by atoms with Crippen LogP contribution in [0.1, 0.15) is 12.8 Å². The lowest BCUT2D eigenvalue weighted by Gasteiger charge is -2.26. The van der Waals surface area contributed by atoms with Gasteiger partial charge in [-0.1, -0.05) is 0 Å². The van der Waals surface area contributed by atoms with E-state index in [9.17, 15) is 4.79 Å². The number of fused-ring (bicyclic) bond motifs is 1. The molecule has 10 heteroatoms. The van der Waals surface area contributed by atoms with Crippen LogP contribution in [0.3, 0.4) is 0 Å². The lowest BCUT2D eigenvalue weighted by atomic mass is 10.2. The normalized spacial score (nSPS) is 16.8. The molecule has 0 radical (unpaired) electrons. The topological polar surface area (TPSA) is 104 Å². The molecule has 2 aromatic rings. The molecular weight excluding hydrogens is 341 g/mol. The van der Waals surface area contributed by atoms with Crippen LogP contribution in [0.4, 0.5) is 5.82 Å². The van der Waals surface area contributed by atoms with Crippen LogP contribution in [-0.2, 0) is 4.79 Å². The highest BCUT2D eigenvalue weighted by Gasteiger charge is 2.28. The fraction of sp³-hybridized carbons (Fsp3) is 0.538. The molecule has 1 atom stereocenters. The van der Waals surface area contributed by atoms with Gasteiger partial charge in [-0.05, 0) is 12.8 Å². The van der Waals surface area contributed by atoms with Crippen molar-refractivity contribution in [3.8, 4) is 0 Å². The van der Waals surface area contributed by atoms with E-state index in [4.69, 9.17) is 5.73 Å². The highest BCUT2D eigenvalue weighted by molar-refractivity contribution is 5.87. The SMILES string of the molecule is CN(CC(=O)N1CCCC1CN)c1ncnc2nc[nH]c12.Cl.Cl. The van der Waals surface area contributed by atoms with Crippen molar-refractivity contribution >= 4 is 47.7 Å². The number of nitrogens with one attached hydrogen (secondary N) is 1. The summed E-state index contributed by atoms with van der Waals surface area (Å²) < 4.78 is 0. The third-order valence-electron chi connectivity index (χ3n) is 3.91. The van der Waals surface area contributed by atoms with Gasteiger partial charge in [-0.15, -0.1) is 24.8 Å². The average molecular weight is 362 g/mol. The van der Waals surface area contributed by atoms with E-state index in [1.807, 2.05) is 16.8 Å². The summed E-state index contributed by atoms with van der Waals surface area (Å²) in [5.41, 5.74) is 7.06. The second kappa shape index (κ2) is 8.28. The van der Waals surface area contributed by atoms with Gasteiger partial charge in [0.25, 0.3) is 0 Å². The minimum Gasteiger partial charge on any atom is -0.348 e. The minimum absolute atomic E-state index is 0. The lowest BCUT2D eigenvalue weighted by Crippen LogP contribution is -2.44. The molecule has 0 aromatic carbocycles. The summed E-state index contributed by atoms with van der Waals surface area (Å²) in [5.74, 6) is 0.756. The first-order valence-corrected chi connectivity index (χ1v) is 7.05. The molecule has 3 heterocycles. The quantitative estimate of drug-likeness (QED) is 0.825. The van der Waals surface area contributed by atoms with Crippen LogP contribution in [0.5, 0.6) is 0 Å². The molecule has 1 fully saturated rings. The molecule has 3 N–H and O–H groups in total. The van der Waals surface area contributed by atoms with Gasteiger partial charge in [0.05, 0.1) is 12.9 Å². The number of amides is 1. The van der Waals surface area contributed by atoms with E-state index in [0.717, 1.165) is 24.9 Å². The van der Waals surface area contributed by atoms with Gasteiger partial charge in [-0.2, -0.15) is 0 Å². The van der Waals surface area contributed by atoms with E-state index in [2.05, 4.69) is 19.9 Å². The second-order valence-electron chi connectivity index (χ2n) is 5.27. The van der Waals surface area contributed by atoms with Crippen LogP contribution >= 0.6 is 24.8 Å². The number of aromatic nitrogens is 4. The Balaban J connectivity index is 0.00000132. The van der Waals surface area contributed by atoms with Crippen LogP contribution in [-0.4, -0.2) is 63.5 Å². The Kier molecular flexibility index (Phi) is 6.99. The van der Waals surface area contributed by atoms with Crippen molar-refractivity contribution in [1.29, 1.82) is 0 Å². The van der Waals surface area contributed by atoms with Crippen molar-refractivity contribution in [3.05, 3.63) is 12.7 Å². The number of carbonyl (C=O) groups excluding carboxylic acids is 1. The lowest BCUT2D eigenvalue weighted by molar-refractivity contribution is -0.130. The maximum Gasteiger partial charge on any atom is 0.242 e. The van der Waals surface area contributed by atoms with Crippen LogP contribution in [0.25, 0.3) is 11.2 Å². The number of hydrogen-bond acceptors (Lipinski definition) is 6. The smallest absolute Gasteiger partial charge is 0.242 e. The molecule has 1 saturated heterocycles. The summed E-state index contributed by atoms with van der Waals surface area (Å²) >= 11 is 0. The number of anilines is 1. The molecule has 128 valence electrons. The molecule has 8 nitrogen and oxygen atoms in total. The Hall–Kier alpha value is -1.64. The first-order chi connectivity index (χ1) is 10.2. The van der Waals surface area contributed by atoms with Crippen molar-refractivity contribution in [3.63, 3.8) is 0 Å². The fourth-order valence-electron chi connectivity index (χ4n) is 2.82. The van der Waals surface area contributed by atoms with E-state index in [1.54, 1.807) is 6.33 Å². The number of aromatic amines is 1. The van der Waals surface area contributed by atoms with Gasteiger partial charge in [0, 0.05) is 26.2 Å². The summed E-state index contributed by atoms with van der Waals surface area (Å²) in [4.78, 5) is 31.6. The molecule has 0 saturated carbocycles. The number of halogens is 2. The molecule has 0 aliphatic carbocycles. The molecule has 1 aliphatic heterocycles. The van der Waals surface area contributed by atoms with Gasteiger partial charge in [0.15, 0.2) is 11.5 Å². The third kappa shape index (κ3) is 3.82. The first kappa shape index (κ1) is 19.4. The molecule has 0 spiro atoms. The van der Waals surface area contributed by atoms with E-state index < -0.39 is 0 Å². The zero-order valence-corrected chi connectivity index (χ0v) is 14.4. The van der Waals surface area contributed by atoms with Crippen LogP contribution in [0.15, 0.2) is 12.7 Å². The fourth-order valence-corrected chi connectivity index (χ4v) is 2.82. The van der Waals surface area contributed by atoms with Crippen molar-refractivity contribution in [2.75, 3.05) is 31.6 Å². The molecule has 1 aliphatic rings. The maximum atomic E-state index is 12.4. The predicted octanol–water partition coefficient (Wildman–Crippen LogP) is 0.582. The van der Waals surface area contributed by atoms with Crippen molar-refractivity contribution < 1.29 is 4.79 Å². The number of H-pyrrole nitrogens is 1. The Morgan fingerprint density at radius 1 is 1.43 bits per heavy atom. The molecule has 2 aromatic heterocycles. The Morgan fingerprint density at radius 3 is 2.96 bits per heavy atom. The number of hydrogen-bond donors (Lipinski definition) is 2. The number of carbonyl (C=O) groups is 1. The Morgan fingerprint density at radius 2 is 2.22 bits per heavy atom. The third-order valence-corrected chi connectivity index (χ3v) is 3.91. The van der Waals surface area contributed by atoms with E-state index in [0.29, 0.717) is 18.0 Å². The number of imidazole rings is 1. The minimum atomic E-state index is 0. The molecule has 1 amide bonds. The molecule has 1 unspecified atom stereocenters. The standard InChI is InChI=1S/C13H19N7O.2ClH/c1-19(6-10(21)20-4-2-3-9(20)5-14)13-11-12(16-7-15-11)17-8-18-13;;/h7-9H,2-6,14H2,1H3,(H,15,16,17,18);2*1H. The first-order valence-electron chi connectivity index (χ1n) is 7.05. The maximum absolute atomic E-state index is 12.4. The van der Waals surface area contributed by atoms with E-state index in [1.165, 1.54) is 6.33 Å². The number of nitrogens with zero attached hydrogens (tertiary/aromatic N) is 5. The van der Waals surface area contributed by atoms with Gasteiger partial charge in [0.1, 0.15) is 11.8 Å². The van der Waals surface area contributed by atoms with Gasteiger partial charge < -0.3 is 20.5 Å². The summed E-state index contributed by atoms with van der Waals surface area (Å²) in [6, 6.07) is 0.170. The van der Waals surface area contributed by atoms with Gasteiger partial charge in [-0.25, -0.2) is 15.0 Å². The van der Waals surface area contributed by atoms with Crippen LogP contribution < -0.4 is 10.6 Å². The monoisotopic (exact) mass is 361 g/mol. The Labute approximate surface area is 146 Å². The number of likely N-dealkylation sites (N-methyl/N-ethyl adjacent to an activating group) is 1. The molecule has 3 rings (SSSR count). The summed E-state index contributed by atoms with van der Waals surface area (Å²) in [5, 5.41) is 0. The van der Waals surface area contributed by atoms with Gasteiger partial charge >= 0.3 is 0 Å².